The summed E-state index contributed by atoms with van der Waals surface area (Å²) in [5, 5.41) is 3.56. The van der Waals surface area contributed by atoms with Crippen molar-refractivity contribution in [3.63, 3.8) is 0 Å². The van der Waals surface area contributed by atoms with Gasteiger partial charge in [0.1, 0.15) is 0 Å². The molecule has 0 amide bonds. The van der Waals surface area contributed by atoms with E-state index in [2.05, 4.69) is 5.32 Å². The van der Waals surface area contributed by atoms with Gasteiger partial charge in [-0.3, -0.25) is 0 Å². The van der Waals surface area contributed by atoms with Gasteiger partial charge in [-0.1, -0.05) is 19.3 Å². The van der Waals surface area contributed by atoms with Crippen molar-refractivity contribution in [2.24, 2.45) is 5.92 Å². The first-order valence-corrected chi connectivity index (χ1v) is 7.78. The van der Waals surface area contributed by atoms with Crippen LogP contribution in [0.1, 0.15) is 37.7 Å². The van der Waals surface area contributed by atoms with Gasteiger partial charge in [-0.2, -0.15) is 0 Å². The molecule has 1 saturated carbocycles. The second-order valence-electron chi connectivity index (χ2n) is 5.67. The summed E-state index contributed by atoms with van der Waals surface area (Å²) in [4.78, 5) is 0. The average Bonchev–Trinajstić information content (AvgIpc) is 2.54. The highest BCUT2D eigenvalue weighted by Crippen LogP contribution is 2.38. The normalized spacial score (nSPS) is 15.8. The fourth-order valence-corrected chi connectivity index (χ4v) is 3.05. The fourth-order valence-electron chi connectivity index (χ4n) is 3.05. The van der Waals surface area contributed by atoms with E-state index >= 15 is 0 Å². The minimum Gasteiger partial charge on any atom is -0.493 e. The highest BCUT2D eigenvalue weighted by atomic mass is 16.5. The van der Waals surface area contributed by atoms with Crippen molar-refractivity contribution < 1.29 is 14.2 Å². The zero-order chi connectivity index (χ0) is 15.1. The molecule has 2 rings (SSSR count). The Morgan fingerprint density at radius 2 is 1.57 bits per heavy atom. The number of methoxy groups -OCH3 is 3. The zero-order valence-corrected chi connectivity index (χ0v) is 13.4. The zero-order valence-electron chi connectivity index (χ0n) is 13.4. The molecule has 0 radical (unpaired) electrons. The van der Waals surface area contributed by atoms with E-state index < -0.39 is 0 Å². The lowest BCUT2D eigenvalue weighted by Gasteiger charge is -2.22. The standard InChI is InChI=1S/C17H27NO3/c1-19-15-9-14(10-16(20-2)17(15)21-3)12-18-11-13-7-5-4-6-8-13/h9-10,13,18H,4-8,11-12H2,1-3H3. The van der Waals surface area contributed by atoms with Gasteiger partial charge in [0.05, 0.1) is 21.3 Å². The summed E-state index contributed by atoms with van der Waals surface area (Å²) in [6.07, 6.45) is 6.90. The van der Waals surface area contributed by atoms with E-state index in [1.54, 1.807) is 21.3 Å². The molecule has 1 aliphatic carbocycles. The predicted octanol–water partition coefficient (Wildman–Crippen LogP) is 3.38. The number of hydrogen-bond acceptors (Lipinski definition) is 4. The van der Waals surface area contributed by atoms with Crippen molar-refractivity contribution in [1.82, 2.24) is 5.32 Å². The summed E-state index contributed by atoms with van der Waals surface area (Å²) in [6.45, 7) is 1.92. The second kappa shape index (κ2) is 8.13. The fraction of sp³-hybridized carbons (Fsp3) is 0.647. The minimum absolute atomic E-state index is 0.649. The highest BCUT2D eigenvalue weighted by molar-refractivity contribution is 5.53. The maximum absolute atomic E-state index is 5.38. The Balaban J connectivity index is 1.95. The Hall–Kier alpha value is -1.42. The van der Waals surface area contributed by atoms with Gasteiger partial charge in [-0.25, -0.2) is 0 Å². The summed E-state index contributed by atoms with van der Waals surface area (Å²) in [6, 6.07) is 4.02. The molecule has 118 valence electrons. The van der Waals surface area contributed by atoms with Crippen LogP contribution in [-0.4, -0.2) is 27.9 Å². The van der Waals surface area contributed by atoms with Crippen LogP contribution < -0.4 is 19.5 Å². The van der Waals surface area contributed by atoms with Gasteiger partial charge in [0, 0.05) is 6.54 Å². The largest absolute Gasteiger partial charge is 0.493 e. The van der Waals surface area contributed by atoms with Gasteiger partial charge in [0.15, 0.2) is 11.5 Å². The number of nitrogens with one attached hydrogen (secondary N) is 1. The molecular formula is C17H27NO3. The Morgan fingerprint density at radius 1 is 0.952 bits per heavy atom. The molecule has 1 aromatic rings. The van der Waals surface area contributed by atoms with Gasteiger partial charge in [0.25, 0.3) is 0 Å². The van der Waals surface area contributed by atoms with E-state index in [9.17, 15) is 0 Å². The lowest BCUT2D eigenvalue weighted by Crippen LogP contribution is -2.24. The molecule has 0 spiro atoms. The lowest BCUT2D eigenvalue weighted by atomic mass is 9.89. The summed E-state index contributed by atoms with van der Waals surface area (Å²) in [5.74, 6) is 2.91. The second-order valence-corrected chi connectivity index (χ2v) is 5.67. The molecule has 1 aliphatic rings. The summed E-state index contributed by atoms with van der Waals surface area (Å²) >= 11 is 0. The van der Waals surface area contributed by atoms with E-state index in [1.165, 1.54) is 32.1 Å². The number of benzene rings is 1. The Kier molecular flexibility index (Phi) is 6.18. The lowest BCUT2D eigenvalue weighted by molar-refractivity contribution is 0.322. The van der Waals surface area contributed by atoms with Crippen LogP contribution in [0.15, 0.2) is 12.1 Å². The van der Waals surface area contributed by atoms with Gasteiger partial charge in [-0.05, 0) is 43.0 Å². The molecule has 0 unspecified atom stereocenters. The molecule has 0 saturated heterocycles. The molecule has 1 aromatic carbocycles. The topological polar surface area (TPSA) is 39.7 Å². The summed E-state index contributed by atoms with van der Waals surface area (Å²) < 4.78 is 16.1. The monoisotopic (exact) mass is 293 g/mol. The number of hydrogen-bond donors (Lipinski definition) is 1. The third kappa shape index (κ3) is 4.27. The van der Waals surface area contributed by atoms with Crippen molar-refractivity contribution in [3.05, 3.63) is 17.7 Å². The minimum atomic E-state index is 0.649. The molecule has 4 heteroatoms. The Labute approximate surface area is 127 Å². The van der Waals surface area contributed by atoms with Gasteiger partial charge in [0.2, 0.25) is 5.75 Å². The van der Waals surface area contributed by atoms with Crippen LogP contribution in [-0.2, 0) is 6.54 Å². The van der Waals surface area contributed by atoms with Gasteiger partial charge in [-0.15, -0.1) is 0 Å². The first kappa shape index (κ1) is 16.0. The predicted molar refractivity (Wildman–Crippen MR) is 84.4 cm³/mol. The van der Waals surface area contributed by atoms with Gasteiger partial charge >= 0.3 is 0 Å². The van der Waals surface area contributed by atoms with Crippen molar-refractivity contribution in [3.8, 4) is 17.2 Å². The molecule has 1 fully saturated rings. The van der Waals surface area contributed by atoms with Crippen LogP contribution >= 0.6 is 0 Å². The summed E-state index contributed by atoms with van der Waals surface area (Å²) in [7, 11) is 4.93. The first-order chi connectivity index (χ1) is 10.3. The van der Waals surface area contributed by atoms with Crippen LogP contribution in [0.25, 0.3) is 0 Å². The van der Waals surface area contributed by atoms with Crippen molar-refractivity contribution in [2.75, 3.05) is 27.9 Å². The van der Waals surface area contributed by atoms with E-state index in [1.807, 2.05) is 12.1 Å². The van der Waals surface area contributed by atoms with Crippen molar-refractivity contribution in [1.29, 1.82) is 0 Å². The maximum atomic E-state index is 5.38. The molecule has 0 heterocycles. The van der Waals surface area contributed by atoms with Crippen LogP contribution in [0, 0.1) is 5.92 Å². The maximum Gasteiger partial charge on any atom is 0.203 e. The number of rotatable bonds is 7. The molecular weight excluding hydrogens is 266 g/mol. The van der Waals surface area contributed by atoms with E-state index in [4.69, 9.17) is 14.2 Å². The molecule has 4 nitrogen and oxygen atoms in total. The molecule has 1 N–H and O–H groups in total. The Morgan fingerprint density at radius 3 is 2.10 bits per heavy atom. The van der Waals surface area contributed by atoms with Crippen molar-refractivity contribution in [2.45, 2.75) is 38.6 Å². The van der Waals surface area contributed by atoms with Crippen LogP contribution in [0.3, 0.4) is 0 Å². The van der Waals surface area contributed by atoms with E-state index in [0.717, 1.165) is 24.6 Å². The SMILES string of the molecule is COc1cc(CNCC2CCCCC2)cc(OC)c1OC. The smallest absolute Gasteiger partial charge is 0.203 e. The van der Waals surface area contributed by atoms with Crippen LogP contribution in [0.2, 0.25) is 0 Å². The van der Waals surface area contributed by atoms with Crippen LogP contribution in [0.5, 0.6) is 17.2 Å². The molecule has 0 atom stereocenters. The third-order valence-corrected chi connectivity index (χ3v) is 4.21. The average molecular weight is 293 g/mol. The van der Waals surface area contributed by atoms with Crippen LogP contribution in [0.4, 0.5) is 0 Å². The quantitative estimate of drug-likeness (QED) is 0.836. The summed E-state index contributed by atoms with van der Waals surface area (Å²) in [5.41, 5.74) is 1.15. The van der Waals surface area contributed by atoms with E-state index in [-0.39, 0.29) is 0 Å². The molecule has 0 aromatic heterocycles. The first-order valence-electron chi connectivity index (χ1n) is 7.78. The van der Waals surface area contributed by atoms with Crippen molar-refractivity contribution >= 4 is 0 Å². The molecule has 21 heavy (non-hydrogen) atoms. The molecule has 0 bridgehead atoms. The van der Waals surface area contributed by atoms with E-state index in [0.29, 0.717) is 17.2 Å². The Bertz CT molecular complexity index is 417. The third-order valence-electron chi connectivity index (χ3n) is 4.21. The number of ether oxygens (including phenoxy) is 3. The highest BCUT2D eigenvalue weighted by Gasteiger charge is 2.15. The van der Waals surface area contributed by atoms with Gasteiger partial charge < -0.3 is 19.5 Å². The molecule has 0 aliphatic heterocycles.